The van der Waals surface area contributed by atoms with Gasteiger partial charge < -0.3 is 19.6 Å². The molecule has 0 unspecified atom stereocenters. The topological polar surface area (TPSA) is 78.3 Å². The van der Waals surface area contributed by atoms with Crippen LogP contribution in [0.2, 0.25) is 0 Å². The lowest BCUT2D eigenvalue weighted by Gasteiger charge is -2.21. The summed E-state index contributed by atoms with van der Waals surface area (Å²) in [7, 11) is 1.59. The monoisotopic (exact) mass is 337 g/mol. The number of hydrogen-bond acceptors (Lipinski definition) is 3. The van der Waals surface area contributed by atoms with Gasteiger partial charge in [-0.15, -0.1) is 0 Å². The highest BCUT2D eigenvalue weighted by Crippen LogP contribution is 2.15. The largest absolute Gasteiger partial charge is 0.467 e. The van der Waals surface area contributed by atoms with E-state index in [0.717, 1.165) is 5.56 Å². The number of nitrogens with zero attached hydrogens (tertiary/aromatic N) is 1. The number of benzene rings is 1. The summed E-state index contributed by atoms with van der Waals surface area (Å²) in [5.41, 5.74) is 2.03. The van der Waals surface area contributed by atoms with Crippen LogP contribution in [-0.4, -0.2) is 28.7 Å². The Bertz CT molecular complexity index is 821. The van der Waals surface area contributed by atoms with E-state index >= 15 is 0 Å². The average Bonchev–Trinajstić information content (AvgIpc) is 3.34. The lowest BCUT2D eigenvalue weighted by atomic mass is 10.1. The van der Waals surface area contributed by atoms with Crippen LogP contribution in [0.15, 0.2) is 65.4 Å². The van der Waals surface area contributed by atoms with Crippen molar-refractivity contribution >= 4 is 11.8 Å². The van der Waals surface area contributed by atoms with Gasteiger partial charge >= 0.3 is 0 Å². The molecule has 2 heterocycles. The molecule has 0 radical (unpaired) electrons. The third kappa shape index (κ3) is 3.98. The van der Waals surface area contributed by atoms with Crippen LogP contribution in [0.4, 0.5) is 0 Å². The van der Waals surface area contributed by atoms with Gasteiger partial charge in [-0.1, -0.05) is 12.1 Å². The van der Waals surface area contributed by atoms with Gasteiger partial charge in [-0.3, -0.25) is 9.59 Å². The van der Waals surface area contributed by atoms with Gasteiger partial charge in [0.05, 0.1) is 12.8 Å². The first-order chi connectivity index (χ1) is 12.2. The maximum Gasteiger partial charge on any atom is 0.270 e. The highest BCUT2D eigenvalue weighted by molar-refractivity contribution is 5.94. The van der Waals surface area contributed by atoms with Gasteiger partial charge in [-0.25, -0.2) is 0 Å². The fourth-order valence-electron chi connectivity index (χ4n) is 2.55. The second kappa shape index (κ2) is 7.53. The molecule has 6 heteroatoms. The van der Waals surface area contributed by atoms with Crippen molar-refractivity contribution in [3.8, 4) is 0 Å². The zero-order valence-corrected chi connectivity index (χ0v) is 13.9. The highest BCUT2D eigenvalue weighted by Gasteiger charge is 2.18. The second-order valence-corrected chi connectivity index (χ2v) is 5.60. The number of carbonyl (C=O) groups is 2. The zero-order valence-electron chi connectivity index (χ0n) is 13.9. The molecule has 0 atom stereocenters. The number of amides is 2. The van der Waals surface area contributed by atoms with Crippen LogP contribution in [0, 0.1) is 0 Å². The molecule has 0 aliphatic heterocycles. The van der Waals surface area contributed by atoms with E-state index in [-0.39, 0.29) is 11.8 Å². The summed E-state index contributed by atoms with van der Waals surface area (Å²) in [6.45, 7) is 0.772. The van der Waals surface area contributed by atoms with Crippen LogP contribution in [0.25, 0.3) is 0 Å². The molecule has 2 amide bonds. The molecule has 2 N–H and O–H groups in total. The Hall–Kier alpha value is -3.28. The van der Waals surface area contributed by atoms with Gasteiger partial charge in [0, 0.05) is 25.4 Å². The third-order valence-electron chi connectivity index (χ3n) is 3.86. The minimum Gasteiger partial charge on any atom is -0.467 e. The zero-order chi connectivity index (χ0) is 17.6. The molecule has 0 fully saturated rings. The molecule has 3 aromatic rings. The summed E-state index contributed by atoms with van der Waals surface area (Å²) >= 11 is 0. The SMILES string of the molecule is CNC(=O)c1ccc(CN(Cc2ccco2)C(=O)c2ccc[nH]2)cc1. The van der Waals surface area contributed by atoms with E-state index in [0.29, 0.717) is 30.1 Å². The fraction of sp³-hybridized carbons (Fsp3) is 0.158. The number of nitrogens with one attached hydrogen (secondary N) is 2. The summed E-state index contributed by atoms with van der Waals surface area (Å²) < 4.78 is 5.38. The van der Waals surface area contributed by atoms with E-state index < -0.39 is 0 Å². The Balaban J connectivity index is 1.79. The Morgan fingerprint density at radius 3 is 2.48 bits per heavy atom. The van der Waals surface area contributed by atoms with Gasteiger partial charge in [0.15, 0.2) is 0 Å². The summed E-state index contributed by atoms with van der Waals surface area (Å²) in [5, 5.41) is 2.59. The Labute approximate surface area is 145 Å². The summed E-state index contributed by atoms with van der Waals surface area (Å²) in [6, 6.07) is 14.4. The molecule has 3 rings (SSSR count). The second-order valence-electron chi connectivity index (χ2n) is 5.60. The molecule has 0 saturated heterocycles. The summed E-state index contributed by atoms with van der Waals surface area (Å²) in [4.78, 5) is 29.0. The van der Waals surface area contributed by atoms with E-state index in [4.69, 9.17) is 4.42 Å². The smallest absolute Gasteiger partial charge is 0.270 e. The van der Waals surface area contributed by atoms with Crippen molar-refractivity contribution < 1.29 is 14.0 Å². The van der Waals surface area contributed by atoms with Gasteiger partial charge in [0.1, 0.15) is 11.5 Å². The molecule has 0 bridgehead atoms. The van der Waals surface area contributed by atoms with Crippen molar-refractivity contribution in [2.24, 2.45) is 0 Å². The predicted molar refractivity (Wildman–Crippen MR) is 92.9 cm³/mol. The van der Waals surface area contributed by atoms with Crippen molar-refractivity contribution in [1.82, 2.24) is 15.2 Å². The number of hydrogen-bond donors (Lipinski definition) is 2. The van der Waals surface area contributed by atoms with Gasteiger partial charge in [-0.05, 0) is 42.0 Å². The van der Waals surface area contributed by atoms with Crippen LogP contribution in [0.3, 0.4) is 0 Å². The van der Waals surface area contributed by atoms with Crippen molar-refractivity contribution in [2.45, 2.75) is 13.1 Å². The lowest BCUT2D eigenvalue weighted by molar-refractivity contribution is 0.0712. The minimum atomic E-state index is -0.138. The summed E-state index contributed by atoms with van der Waals surface area (Å²) in [5.74, 6) is 0.458. The molecule has 25 heavy (non-hydrogen) atoms. The highest BCUT2D eigenvalue weighted by atomic mass is 16.3. The molecule has 0 aliphatic carbocycles. The average molecular weight is 337 g/mol. The minimum absolute atomic E-state index is 0.114. The van der Waals surface area contributed by atoms with Crippen molar-refractivity contribution in [1.29, 1.82) is 0 Å². The number of aromatic nitrogens is 1. The van der Waals surface area contributed by atoms with Gasteiger partial charge in [0.25, 0.3) is 11.8 Å². The molecule has 6 nitrogen and oxygen atoms in total. The molecule has 0 saturated carbocycles. The van der Waals surface area contributed by atoms with Gasteiger partial charge in [-0.2, -0.15) is 0 Å². The first-order valence-electron chi connectivity index (χ1n) is 7.93. The molecule has 2 aromatic heterocycles. The normalized spacial score (nSPS) is 10.4. The van der Waals surface area contributed by atoms with Crippen LogP contribution in [0.1, 0.15) is 32.2 Å². The number of carbonyl (C=O) groups excluding carboxylic acids is 2. The quantitative estimate of drug-likeness (QED) is 0.726. The molecule has 128 valence electrons. The molecule has 0 aliphatic rings. The molecular formula is C19H19N3O3. The van der Waals surface area contributed by atoms with Crippen LogP contribution >= 0.6 is 0 Å². The van der Waals surface area contributed by atoms with E-state index in [1.807, 2.05) is 18.2 Å². The molecule has 0 spiro atoms. The van der Waals surface area contributed by atoms with Crippen LogP contribution < -0.4 is 5.32 Å². The Morgan fingerprint density at radius 1 is 1.08 bits per heavy atom. The first-order valence-corrected chi connectivity index (χ1v) is 7.93. The van der Waals surface area contributed by atoms with E-state index in [2.05, 4.69) is 10.3 Å². The Kier molecular flexibility index (Phi) is 4.99. The third-order valence-corrected chi connectivity index (χ3v) is 3.86. The number of H-pyrrole nitrogens is 1. The van der Waals surface area contributed by atoms with E-state index in [1.54, 1.807) is 54.7 Å². The van der Waals surface area contributed by atoms with Gasteiger partial charge in [0.2, 0.25) is 0 Å². The van der Waals surface area contributed by atoms with E-state index in [9.17, 15) is 9.59 Å². The number of rotatable bonds is 6. The fourth-order valence-corrected chi connectivity index (χ4v) is 2.55. The van der Waals surface area contributed by atoms with E-state index in [1.165, 1.54) is 0 Å². The maximum atomic E-state index is 12.7. The maximum absolute atomic E-state index is 12.7. The van der Waals surface area contributed by atoms with Crippen LogP contribution in [-0.2, 0) is 13.1 Å². The van der Waals surface area contributed by atoms with Crippen LogP contribution in [0.5, 0.6) is 0 Å². The molecular weight excluding hydrogens is 318 g/mol. The first kappa shape index (κ1) is 16.6. The molecule has 1 aromatic carbocycles. The van der Waals surface area contributed by atoms with Crippen molar-refractivity contribution in [2.75, 3.05) is 7.05 Å². The number of furan rings is 1. The summed E-state index contributed by atoms with van der Waals surface area (Å²) in [6.07, 6.45) is 3.31. The lowest BCUT2D eigenvalue weighted by Crippen LogP contribution is -2.30. The number of aromatic amines is 1. The predicted octanol–water partition coefficient (Wildman–Crippen LogP) is 2.81. The van der Waals surface area contributed by atoms with Crippen molar-refractivity contribution in [3.63, 3.8) is 0 Å². The standard InChI is InChI=1S/C19H19N3O3/c1-20-18(23)15-8-6-14(7-9-15)12-22(13-16-4-3-11-25-16)19(24)17-5-2-10-21-17/h2-11,21H,12-13H2,1H3,(H,20,23). The Morgan fingerprint density at radius 2 is 1.88 bits per heavy atom. The van der Waals surface area contributed by atoms with Crippen molar-refractivity contribution in [3.05, 3.63) is 83.6 Å².